The molecule has 8 rings (SSSR count). The number of rotatable bonds is 4. The number of aromatic hydroxyl groups is 1. The molecule has 1 aromatic rings. The fraction of sp³-hybridized carbons (Fsp3) is 0.793. The van der Waals surface area contributed by atoms with E-state index in [1.165, 1.54) is 30.5 Å². The Morgan fingerprint density at radius 3 is 2.59 bits per heavy atom. The summed E-state index contributed by atoms with van der Waals surface area (Å²) in [6.45, 7) is 10.8. The molecular weight excluding hydrogens is 426 g/mol. The number of hydrogen-bond acceptors (Lipinski definition) is 5. The van der Waals surface area contributed by atoms with Gasteiger partial charge in [0.05, 0.1) is 5.60 Å². The fourth-order valence-corrected chi connectivity index (χ4v) is 9.58. The van der Waals surface area contributed by atoms with Crippen LogP contribution in [0.1, 0.15) is 77.3 Å². The molecule has 0 aromatic heterocycles. The van der Waals surface area contributed by atoms with Gasteiger partial charge in [-0.25, -0.2) is 0 Å². The van der Waals surface area contributed by atoms with Crippen LogP contribution >= 0.6 is 0 Å². The summed E-state index contributed by atoms with van der Waals surface area (Å²) in [5.41, 5.74) is 0.783. The Labute approximate surface area is 203 Å². The van der Waals surface area contributed by atoms with Crippen LogP contribution in [-0.4, -0.2) is 58.7 Å². The number of phenols is 1. The third kappa shape index (κ3) is 2.25. The summed E-state index contributed by atoms with van der Waals surface area (Å²) >= 11 is 0. The normalized spacial score (nSPS) is 43.9. The van der Waals surface area contributed by atoms with Gasteiger partial charge in [-0.15, -0.1) is 0 Å². The molecule has 186 valence electrons. The van der Waals surface area contributed by atoms with Crippen LogP contribution < -0.4 is 4.74 Å². The molecule has 2 N–H and O–H groups in total. The predicted molar refractivity (Wildman–Crippen MR) is 130 cm³/mol. The van der Waals surface area contributed by atoms with E-state index in [2.05, 4.69) is 31.7 Å². The highest BCUT2D eigenvalue weighted by Gasteiger charge is 2.82. The third-order valence-corrected chi connectivity index (χ3v) is 11.9. The van der Waals surface area contributed by atoms with E-state index in [1.807, 2.05) is 20.1 Å². The number of hydrogen-bond donors (Lipinski definition) is 2. The molecular formula is C29H41NO4. The van der Waals surface area contributed by atoms with Crippen molar-refractivity contribution in [1.29, 1.82) is 0 Å². The van der Waals surface area contributed by atoms with Crippen molar-refractivity contribution in [2.24, 2.45) is 22.7 Å². The van der Waals surface area contributed by atoms with E-state index < -0.39 is 11.2 Å². The van der Waals surface area contributed by atoms with Crippen LogP contribution in [0.5, 0.6) is 11.5 Å². The van der Waals surface area contributed by atoms with Crippen molar-refractivity contribution in [3.05, 3.63) is 23.3 Å². The number of phenolic OH excluding ortho intramolecular Hbond substituents is 1. The molecule has 5 fully saturated rings. The number of benzene rings is 1. The number of piperidine rings is 1. The number of ether oxygens (including phenoxy) is 2. The second-order valence-corrected chi connectivity index (χ2v) is 13.8. The molecule has 0 radical (unpaired) electrons. The highest BCUT2D eigenvalue weighted by atomic mass is 16.6. The Balaban J connectivity index is 1.47. The molecule has 34 heavy (non-hydrogen) atoms. The van der Waals surface area contributed by atoms with E-state index in [9.17, 15) is 10.2 Å². The molecule has 4 saturated carbocycles. The van der Waals surface area contributed by atoms with E-state index in [0.29, 0.717) is 11.8 Å². The maximum Gasteiger partial charge on any atom is 0.165 e. The standard InChI is InChI=1S/C29H41NO4/c1-25(2,3)26(4,32)20-15-27-10-11-29(20,33-5)24-28(27)12-13-30(16-17-6-7-17)21(27)14-18-8-9-19(31)23(34-24)22(18)28/h8-9,17,20-21,24,31-32H,6-7,10-16H2,1-5H3/t20-,21?,24-,26+,27-,28+,29-/m1/s1. The van der Waals surface area contributed by atoms with Gasteiger partial charge >= 0.3 is 0 Å². The zero-order valence-corrected chi connectivity index (χ0v) is 21.5. The van der Waals surface area contributed by atoms with E-state index in [0.717, 1.165) is 44.6 Å². The molecule has 0 amide bonds. The van der Waals surface area contributed by atoms with Crippen LogP contribution in [0.3, 0.4) is 0 Å². The first kappa shape index (κ1) is 21.9. The van der Waals surface area contributed by atoms with E-state index in [1.54, 1.807) is 0 Å². The van der Waals surface area contributed by atoms with Crippen LogP contribution in [0.4, 0.5) is 0 Å². The molecule has 5 aliphatic carbocycles. The lowest BCUT2D eigenvalue weighted by molar-refractivity contribution is -0.312. The van der Waals surface area contributed by atoms with Crippen LogP contribution in [0, 0.1) is 22.7 Å². The molecule has 1 aromatic carbocycles. The van der Waals surface area contributed by atoms with Crippen LogP contribution in [0.2, 0.25) is 0 Å². The minimum atomic E-state index is -0.909. The highest BCUT2D eigenvalue weighted by molar-refractivity contribution is 5.63. The SMILES string of the molecule is CO[C@]12CC[C@@]3(C[C@@H]1[C@](C)(O)C(C)(C)C)C1Cc4ccc(O)c5c4[C@@]3(CCN1CC1CC1)[C@H]2O5. The minimum Gasteiger partial charge on any atom is -0.504 e. The number of fused-ring (bicyclic) bond motifs is 2. The number of aliphatic hydroxyl groups is 1. The fourth-order valence-electron chi connectivity index (χ4n) is 9.58. The largest absolute Gasteiger partial charge is 0.504 e. The van der Waals surface area contributed by atoms with Crippen molar-refractivity contribution in [3.8, 4) is 11.5 Å². The van der Waals surface area contributed by atoms with Crippen LogP contribution in [0.15, 0.2) is 12.1 Å². The Morgan fingerprint density at radius 1 is 1.15 bits per heavy atom. The zero-order chi connectivity index (χ0) is 23.9. The molecule has 2 heterocycles. The van der Waals surface area contributed by atoms with Crippen molar-refractivity contribution in [2.75, 3.05) is 20.2 Å². The van der Waals surface area contributed by atoms with Gasteiger partial charge in [0.1, 0.15) is 11.7 Å². The second-order valence-electron chi connectivity index (χ2n) is 13.8. The lowest BCUT2D eigenvalue weighted by Gasteiger charge is -2.75. The van der Waals surface area contributed by atoms with Crippen molar-refractivity contribution in [1.82, 2.24) is 4.90 Å². The summed E-state index contributed by atoms with van der Waals surface area (Å²) in [4.78, 5) is 2.82. The Bertz CT molecular complexity index is 1060. The zero-order valence-electron chi connectivity index (χ0n) is 21.5. The molecule has 7 aliphatic rings. The first-order valence-corrected chi connectivity index (χ1v) is 13.6. The summed E-state index contributed by atoms with van der Waals surface area (Å²) in [6.07, 6.45) is 7.64. The topological polar surface area (TPSA) is 62.2 Å². The summed E-state index contributed by atoms with van der Waals surface area (Å²) < 4.78 is 13.5. The number of methoxy groups -OCH3 is 1. The van der Waals surface area contributed by atoms with E-state index in [-0.39, 0.29) is 34.0 Å². The lowest BCUT2D eigenvalue weighted by Crippen LogP contribution is -2.83. The maximum atomic E-state index is 12.2. The van der Waals surface area contributed by atoms with Gasteiger partial charge in [-0.3, -0.25) is 4.90 Å². The molecule has 5 heteroatoms. The molecule has 2 aliphatic heterocycles. The first-order chi connectivity index (χ1) is 16.0. The van der Waals surface area contributed by atoms with Crippen molar-refractivity contribution in [2.45, 2.75) is 101 Å². The number of likely N-dealkylation sites (tertiary alicyclic amines) is 1. The Hall–Kier alpha value is -1.30. The lowest BCUT2D eigenvalue weighted by atomic mass is 9.33. The van der Waals surface area contributed by atoms with Crippen molar-refractivity contribution >= 4 is 0 Å². The van der Waals surface area contributed by atoms with E-state index >= 15 is 0 Å². The van der Waals surface area contributed by atoms with Gasteiger partial charge in [0.15, 0.2) is 11.5 Å². The third-order valence-electron chi connectivity index (χ3n) is 11.9. The molecule has 7 atom stereocenters. The molecule has 1 unspecified atom stereocenters. The van der Waals surface area contributed by atoms with Gasteiger partial charge in [0.2, 0.25) is 0 Å². The summed E-state index contributed by atoms with van der Waals surface area (Å²) in [7, 11) is 1.83. The summed E-state index contributed by atoms with van der Waals surface area (Å²) in [6, 6.07) is 4.46. The monoisotopic (exact) mass is 467 g/mol. The maximum absolute atomic E-state index is 12.2. The van der Waals surface area contributed by atoms with Gasteiger partial charge in [-0.1, -0.05) is 26.8 Å². The molecule has 5 nitrogen and oxygen atoms in total. The second kappa shape index (κ2) is 6.33. The quantitative estimate of drug-likeness (QED) is 0.687. The van der Waals surface area contributed by atoms with Gasteiger partial charge < -0.3 is 19.7 Å². The molecule has 2 spiro atoms. The number of nitrogens with zero attached hydrogens (tertiary/aromatic N) is 1. The molecule has 1 saturated heterocycles. The van der Waals surface area contributed by atoms with Gasteiger partial charge in [-0.2, -0.15) is 0 Å². The van der Waals surface area contributed by atoms with Crippen LogP contribution in [0.25, 0.3) is 0 Å². The van der Waals surface area contributed by atoms with E-state index in [4.69, 9.17) is 9.47 Å². The van der Waals surface area contributed by atoms with Gasteiger partial charge in [0.25, 0.3) is 0 Å². The summed E-state index contributed by atoms with van der Waals surface area (Å²) in [5.74, 6) is 1.80. The Morgan fingerprint density at radius 2 is 1.91 bits per heavy atom. The summed E-state index contributed by atoms with van der Waals surface area (Å²) in [5, 5.41) is 23.2. The van der Waals surface area contributed by atoms with Crippen LogP contribution in [-0.2, 0) is 16.6 Å². The smallest absolute Gasteiger partial charge is 0.165 e. The van der Waals surface area contributed by atoms with Crippen molar-refractivity contribution in [3.63, 3.8) is 0 Å². The predicted octanol–water partition coefficient (Wildman–Crippen LogP) is 4.41. The highest BCUT2D eigenvalue weighted by Crippen LogP contribution is 2.78. The average Bonchev–Trinajstić information content (AvgIpc) is 3.53. The average molecular weight is 468 g/mol. The van der Waals surface area contributed by atoms with Crippen molar-refractivity contribution < 1.29 is 19.7 Å². The Kier molecular flexibility index (Phi) is 4.08. The van der Waals surface area contributed by atoms with Gasteiger partial charge in [-0.05, 0) is 81.4 Å². The molecule has 4 bridgehead atoms. The first-order valence-electron chi connectivity index (χ1n) is 13.6. The van der Waals surface area contributed by atoms with Gasteiger partial charge in [0, 0.05) is 42.0 Å². The minimum absolute atomic E-state index is 0.0294.